The Bertz CT molecular complexity index is 641. The van der Waals surface area contributed by atoms with Crippen LogP contribution in [0.15, 0.2) is 42.5 Å². The molecule has 20 heavy (non-hydrogen) atoms. The monoisotopic (exact) mass is 283 g/mol. The lowest BCUT2D eigenvalue weighted by Crippen LogP contribution is -2.17. The average Bonchev–Trinajstić information content (AvgIpc) is 2.37. The van der Waals surface area contributed by atoms with Crippen molar-refractivity contribution in [2.45, 2.75) is 6.36 Å². The van der Waals surface area contributed by atoms with Crippen molar-refractivity contribution >= 4 is 5.97 Å². The van der Waals surface area contributed by atoms with Gasteiger partial charge in [-0.3, -0.25) is 0 Å². The van der Waals surface area contributed by atoms with Gasteiger partial charge >= 0.3 is 12.3 Å². The van der Waals surface area contributed by atoms with Gasteiger partial charge in [-0.2, -0.15) is 0 Å². The van der Waals surface area contributed by atoms with Gasteiger partial charge in [0.2, 0.25) is 0 Å². The molecule has 0 spiro atoms. The zero-order chi connectivity index (χ0) is 14.8. The molecule has 1 aromatic heterocycles. The van der Waals surface area contributed by atoms with Gasteiger partial charge in [-0.15, -0.1) is 13.2 Å². The smallest absolute Gasteiger partial charge is 0.477 e. The topological polar surface area (TPSA) is 59.4 Å². The summed E-state index contributed by atoms with van der Waals surface area (Å²) in [5, 5.41) is 8.84. The number of hydrogen-bond donors (Lipinski definition) is 1. The van der Waals surface area contributed by atoms with Crippen molar-refractivity contribution in [3.63, 3.8) is 0 Å². The maximum atomic E-state index is 12.3. The summed E-state index contributed by atoms with van der Waals surface area (Å²) in [5.41, 5.74) is -0.109. The fourth-order valence-corrected chi connectivity index (χ4v) is 1.60. The van der Waals surface area contributed by atoms with Crippen molar-refractivity contribution in [3.8, 4) is 17.0 Å². The third-order valence-corrected chi connectivity index (χ3v) is 2.36. The number of alkyl halides is 3. The third kappa shape index (κ3) is 3.25. The zero-order valence-corrected chi connectivity index (χ0v) is 9.89. The average molecular weight is 283 g/mol. The van der Waals surface area contributed by atoms with Crippen LogP contribution < -0.4 is 4.74 Å². The fraction of sp³-hybridized carbons (Fsp3) is 0.0769. The van der Waals surface area contributed by atoms with Crippen LogP contribution in [0.1, 0.15) is 10.5 Å². The van der Waals surface area contributed by atoms with E-state index in [9.17, 15) is 18.0 Å². The van der Waals surface area contributed by atoms with Crippen molar-refractivity contribution in [3.05, 3.63) is 48.2 Å². The van der Waals surface area contributed by atoms with E-state index < -0.39 is 18.1 Å². The van der Waals surface area contributed by atoms with E-state index in [0.29, 0.717) is 0 Å². The Labute approximate surface area is 111 Å². The molecule has 0 unspecified atom stereocenters. The van der Waals surface area contributed by atoms with Gasteiger partial charge in [-0.05, 0) is 24.3 Å². The molecule has 4 nitrogen and oxygen atoms in total. The summed E-state index contributed by atoms with van der Waals surface area (Å²) in [6, 6.07) is 9.45. The molecule has 104 valence electrons. The molecule has 0 bridgehead atoms. The molecule has 0 radical (unpaired) electrons. The second-order valence-electron chi connectivity index (χ2n) is 3.76. The van der Waals surface area contributed by atoms with E-state index in [1.165, 1.54) is 36.4 Å². The van der Waals surface area contributed by atoms with Crippen LogP contribution in [0.3, 0.4) is 0 Å². The summed E-state index contributed by atoms with van der Waals surface area (Å²) in [6.07, 6.45) is -4.83. The minimum Gasteiger partial charge on any atom is -0.477 e. The Morgan fingerprint density at radius 3 is 2.45 bits per heavy atom. The van der Waals surface area contributed by atoms with Gasteiger partial charge in [0.1, 0.15) is 11.4 Å². The number of carboxylic acids is 1. The minimum absolute atomic E-state index is 0.0629. The van der Waals surface area contributed by atoms with Crippen molar-refractivity contribution in [2.75, 3.05) is 0 Å². The highest BCUT2D eigenvalue weighted by Gasteiger charge is 2.32. The van der Waals surface area contributed by atoms with Crippen LogP contribution in [-0.2, 0) is 0 Å². The summed E-state index contributed by atoms with van der Waals surface area (Å²) in [7, 11) is 0. The van der Waals surface area contributed by atoms with Crippen LogP contribution in [0.25, 0.3) is 11.3 Å². The molecule has 0 aliphatic rings. The number of carboxylic acid groups (broad SMARTS) is 1. The van der Waals surface area contributed by atoms with E-state index in [1.807, 2.05) is 0 Å². The first kappa shape index (κ1) is 13.9. The lowest BCUT2D eigenvalue weighted by molar-refractivity contribution is -0.274. The molecule has 1 aromatic carbocycles. The maximum Gasteiger partial charge on any atom is 0.573 e. The molecule has 2 aromatic rings. The highest BCUT2D eigenvalue weighted by atomic mass is 19.4. The molecule has 0 aliphatic heterocycles. The summed E-state index contributed by atoms with van der Waals surface area (Å²) in [5.74, 6) is -1.70. The minimum atomic E-state index is -4.83. The predicted octanol–water partition coefficient (Wildman–Crippen LogP) is 3.35. The van der Waals surface area contributed by atoms with Crippen molar-refractivity contribution in [1.82, 2.24) is 4.98 Å². The molecular weight excluding hydrogens is 275 g/mol. The molecule has 0 saturated heterocycles. The molecule has 0 atom stereocenters. The Morgan fingerprint density at radius 1 is 1.10 bits per heavy atom. The first-order chi connectivity index (χ1) is 9.37. The van der Waals surface area contributed by atoms with Crippen LogP contribution in [0, 0.1) is 0 Å². The fourth-order valence-electron chi connectivity index (χ4n) is 1.60. The number of halogens is 3. The van der Waals surface area contributed by atoms with Crippen molar-refractivity contribution in [2.24, 2.45) is 0 Å². The maximum absolute atomic E-state index is 12.3. The molecule has 0 fully saturated rings. The van der Waals surface area contributed by atoms with Crippen LogP contribution in [0.2, 0.25) is 0 Å². The second-order valence-corrected chi connectivity index (χ2v) is 3.76. The Balaban J connectivity index is 2.47. The predicted molar refractivity (Wildman–Crippen MR) is 63.3 cm³/mol. The molecule has 1 heterocycles. The number of hydrogen-bond acceptors (Lipinski definition) is 3. The van der Waals surface area contributed by atoms with E-state index in [0.717, 1.165) is 6.07 Å². The first-order valence-electron chi connectivity index (χ1n) is 5.42. The van der Waals surface area contributed by atoms with Gasteiger partial charge in [-0.25, -0.2) is 9.78 Å². The van der Waals surface area contributed by atoms with Gasteiger partial charge in [0.25, 0.3) is 0 Å². The van der Waals surface area contributed by atoms with Crippen LogP contribution >= 0.6 is 0 Å². The van der Waals surface area contributed by atoms with E-state index in [2.05, 4.69) is 9.72 Å². The number of benzene rings is 1. The first-order valence-corrected chi connectivity index (χ1v) is 5.42. The molecule has 0 saturated carbocycles. The number of ether oxygens (including phenoxy) is 1. The summed E-state index contributed by atoms with van der Waals surface area (Å²) >= 11 is 0. The van der Waals surface area contributed by atoms with E-state index in [-0.39, 0.29) is 17.0 Å². The molecule has 1 N–H and O–H groups in total. The summed E-state index contributed by atoms with van der Waals surface area (Å²) in [6.45, 7) is 0. The summed E-state index contributed by atoms with van der Waals surface area (Å²) < 4.78 is 40.8. The summed E-state index contributed by atoms with van der Waals surface area (Å²) in [4.78, 5) is 14.6. The van der Waals surface area contributed by atoms with Gasteiger partial charge in [-0.1, -0.05) is 18.2 Å². The number of para-hydroxylation sites is 1. The standard InChI is InChI=1S/C13H8F3NO3/c14-13(15,16)20-11-7-2-1-4-8(11)9-5-3-6-10(17-9)12(18)19/h1-7H,(H,18,19). The molecule has 0 amide bonds. The molecule has 0 aliphatic carbocycles. The third-order valence-electron chi connectivity index (χ3n) is 2.36. The van der Waals surface area contributed by atoms with Crippen LogP contribution in [-0.4, -0.2) is 22.4 Å². The normalized spacial score (nSPS) is 11.2. The van der Waals surface area contributed by atoms with Crippen molar-refractivity contribution < 1.29 is 27.8 Å². The van der Waals surface area contributed by atoms with Gasteiger partial charge in [0, 0.05) is 5.56 Å². The SMILES string of the molecule is O=C(O)c1cccc(-c2ccccc2OC(F)(F)F)n1. The van der Waals surface area contributed by atoms with E-state index in [1.54, 1.807) is 0 Å². The lowest BCUT2D eigenvalue weighted by Gasteiger charge is -2.12. The van der Waals surface area contributed by atoms with Crippen LogP contribution in [0.5, 0.6) is 5.75 Å². The van der Waals surface area contributed by atoms with Gasteiger partial charge < -0.3 is 9.84 Å². The highest BCUT2D eigenvalue weighted by molar-refractivity contribution is 5.86. The number of aromatic carboxylic acids is 1. The van der Waals surface area contributed by atoms with Crippen LogP contribution in [0.4, 0.5) is 13.2 Å². The van der Waals surface area contributed by atoms with Gasteiger partial charge in [0.15, 0.2) is 0 Å². The molecular formula is C13H8F3NO3. The van der Waals surface area contributed by atoms with Crippen molar-refractivity contribution in [1.29, 1.82) is 0 Å². The Hall–Kier alpha value is -2.57. The lowest BCUT2D eigenvalue weighted by atomic mass is 10.1. The quantitative estimate of drug-likeness (QED) is 0.938. The van der Waals surface area contributed by atoms with E-state index >= 15 is 0 Å². The largest absolute Gasteiger partial charge is 0.573 e. The zero-order valence-electron chi connectivity index (χ0n) is 9.89. The Kier molecular flexibility index (Phi) is 3.60. The number of rotatable bonds is 3. The molecule has 2 rings (SSSR count). The number of aromatic nitrogens is 1. The number of pyridine rings is 1. The number of carbonyl (C=O) groups is 1. The van der Waals surface area contributed by atoms with Gasteiger partial charge in [0.05, 0.1) is 5.69 Å². The Morgan fingerprint density at radius 2 is 1.80 bits per heavy atom. The van der Waals surface area contributed by atoms with E-state index in [4.69, 9.17) is 5.11 Å². The number of nitrogens with zero attached hydrogens (tertiary/aromatic N) is 1. The highest BCUT2D eigenvalue weighted by Crippen LogP contribution is 2.32. The second kappa shape index (κ2) is 5.20. The molecule has 7 heteroatoms.